The lowest BCUT2D eigenvalue weighted by molar-refractivity contribution is -0.152. The smallest absolute Gasteiger partial charge is 0.411 e. The molecule has 1 heterocycles. The average Bonchev–Trinajstić information content (AvgIpc) is 2.93. The van der Waals surface area contributed by atoms with E-state index in [2.05, 4.69) is 0 Å². The largest absolute Gasteiger partial charge is 0.497 e. The van der Waals surface area contributed by atoms with Crippen molar-refractivity contribution in [1.29, 1.82) is 0 Å². The summed E-state index contributed by atoms with van der Waals surface area (Å²) in [5.74, 6) is -0.576. The maximum absolute atomic E-state index is 13.9. The van der Waals surface area contributed by atoms with Gasteiger partial charge in [0.25, 0.3) is 5.91 Å². The lowest BCUT2D eigenvalue weighted by Gasteiger charge is -2.29. The second kappa shape index (κ2) is 11.5. The van der Waals surface area contributed by atoms with Gasteiger partial charge in [0.05, 0.1) is 18.0 Å². The minimum absolute atomic E-state index is 0.201. The number of carbonyl (C=O) groups is 3. The van der Waals surface area contributed by atoms with Gasteiger partial charge in [-0.2, -0.15) is 0 Å². The van der Waals surface area contributed by atoms with E-state index in [9.17, 15) is 14.4 Å². The van der Waals surface area contributed by atoms with Crippen molar-refractivity contribution >= 4 is 47.0 Å². The Morgan fingerprint density at radius 1 is 1.24 bits per heavy atom. The molecule has 0 aromatic heterocycles. The number of ether oxygens (including phenoxy) is 3. The molecule has 3 rings (SSSR count). The molecule has 0 radical (unpaired) electrons. The van der Waals surface area contributed by atoms with Gasteiger partial charge in [-0.25, -0.2) is 4.79 Å². The summed E-state index contributed by atoms with van der Waals surface area (Å²) in [4.78, 5) is 40.9. The summed E-state index contributed by atoms with van der Waals surface area (Å²) in [7, 11) is 1.54. The number of rotatable bonds is 7. The molecule has 1 aliphatic heterocycles. The molecule has 0 N–H and O–H groups in total. The third-order valence-electron chi connectivity index (χ3n) is 4.96. The topological polar surface area (TPSA) is 85.4 Å². The van der Waals surface area contributed by atoms with Crippen LogP contribution in [0.1, 0.15) is 28.8 Å². The summed E-state index contributed by atoms with van der Waals surface area (Å²) in [6, 6.07) is 14.1. The molecule has 1 aliphatic rings. The zero-order valence-electron chi connectivity index (χ0n) is 21.9. The first-order chi connectivity index (χ1) is 17.4. The van der Waals surface area contributed by atoms with Crippen molar-refractivity contribution in [2.45, 2.75) is 35.7 Å². The van der Waals surface area contributed by atoms with Crippen molar-refractivity contribution in [3.05, 3.63) is 54.1 Å². The molecule has 0 fully saturated rings. The summed E-state index contributed by atoms with van der Waals surface area (Å²) in [5.41, 5.74) is 0.175. The minimum atomic E-state index is -2.84. The molecule has 2 aromatic rings. The van der Waals surface area contributed by atoms with E-state index in [-0.39, 0.29) is 13.1 Å². The monoisotopic (exact) mass is 509 g/mol. The van der Waals surface area contributed by atoms with Crippen LogP contribution in [0.4, 0.5) is 10.5 Å². The van der Waals surface area contributed by atoms with Crippen LogP contribution >= 0.6 is 23.4 Å². The summed E-state index contributed by atoms with van der Waals surface area (Å²) in [6.07, 6.45) is -2.36. The summed E-state index contributed by atoms with van der Waals surface area (Å²) in [6.45, 7) is -0.832. The fourth-order valence-corrected chi connectivity index (χ4v) is 4.83. The Balaban J connectivity index is 2.00. The van der Waals surface area contributed by atoms with Gasteiger partial charge >= 0.3 is 12.1 Å². The Bertz CT molecular complexity index is 1130. The number of carbonyl (C=O) groups excluding carboxylic acids is 3. The first-order valence-electron chi connectivity index (χ1n) is 11.9. The van der Waals surface area contributed by atoms with E-state index in [4.69, 9.17) is 29.9 Å². The third kappa shape index (κ3) is 6.15. The minimum Gasteiger partial charge on any atom is -0.497 e. The first-order valence-corrected chi connectivity index (χ1v) is 11.7. The number of para-hydroxylation sites is 1. The lowest BCUT2D eigenvalue weighted by atomic mass is 10.1. The normalized spacial score (nSPS) is 20.1. The van der Waals surface area contributed by atoms with Gasteiger partial charge in [-0.05, 0) is 36.8 Å². The zero-order chi connectivity index (χ0) is 27.3. The molecule has 0 saturated heterocycles. The van der Waals surface area contributed by atoms with Crippen molar-refractivity contribution in [3.8, 4) is 5.75 Å². The van der Waals surface area contributed by atoms with Gasteiger partial charge in [-0.1, -0.05) is 35.9 Å². The van der Waals surface area contributed by atoms with Gasteiger partial charge < -0.3 is 24.0 Å². The van der Waals surface area contributed by atoms with Crippen molar-refractivity contribution in [2.75, 3.05) is 32.1 Å². The standard InChI is InChI=1S/C24H27ClN2O6S/c1-15(25)32-24(30)26(3)13-14-27-19-7-5-6-8-20(19)34-22(21(23(27)29)33-16(2)28)17-9-11-18(31-4)12-10-17/h5-12,15,21-22H,13-14H2,1-4H3/t15?,21-,22+/m0/s1/i3D3. The predicted molar refractivity (Wildman–Crippen MR) is 130 cm³/mol. The van der Waals surface area contributed by atoms with Crippen LogP contribution in [0.3, 0.4) is 0 Å². The Labute approximate surface area is 212 Å². The van der Waals surface area contributed by atoms with Crippen molar-refractivity contribution in [2.24, 2.45) is 0 Å². The number of thioether (sulfide) groups is 1. The molecule has 0 saturated carbocycles. The Hall–Kier alpha value is -2.91. The number of amides is 2. The second-order valence-corrected chi connectivity index (χ2v) is 9.18. The van der Waals surface area contributed by atoms with E-state index >= 15 is 0 Å². The van der Waals surface area contributed by atoms with E-state index < -0.39 is 41.9 Å². The molecule has 34 heavy (non-hydrogen) atoms. The van der Waals surface area contributed by atoms with Crippen LogP contribution in [-0.4, -0.2) is 61.7 Å². The van der Waals surface area contributed by atoms with Crippen molar-refractivity contribution in [3.63, 3.8) is 0 Å². The molecular formula is C24H27ClN2O6S. The van der Waals surface area contributed by atoms with Gasteiger partial charge in [0.1, 0.15) is 5.75 Å². The zero-order valence-corrected chi connectivity index (χ0v) is 20.5. The predicted octanol–water partition coefficient (Wildman–Crippen LogP) is 4.46. The van der Waals surface area contributed by atoms with Crippen LogP contribution in [-0.2, 0) is 19.1 Å². The number of alkyl halides is 1. The van der Waals surface area contributed by atoms with Crippen molar-refractivity contribution < 1.29 is 32.7 Å². The second-order valence-electron chi connectivity index (χ2n) is 7.38. The fourth-order valence-electron chi connectivity index (χ4n) is 3.43. The number of hydrogen-bond acceptors (Lipinski definition) is 7. The van der Waals surface area contributed by atoms with E-state index in [0.717, 1.165) is 5.56 Å². The third-order valence-corrected chi connectivity index (χ3v) is 6.42. The van der Waals surface area contributed by atoms with Gasteiger partial charge in [-0.15, -0.1) is 11.8 Å². The van der Waals surface area contributed by atoms with E-state index in [1.165, 1.54) is 30.5 Å². The van der Waals surface area contributed by atoms with Crippen LogP contribution in [0, 0.1) is 0 Å². The molecule has 182 valence electrons. The number of esters is 1. The molecule has 0 spiro atoms. The highest BCUT2D eigenvalue weighted by Gasteiger charge is 2.40. The molecule has 1 unspecified atom stereocenters. The van der Waals surface area contributed by atoms with Crippen LogP contribution in [0.5, 0.6) is 5.75 Å². The number of methoxy groups -OCH3 is 1. The summed E-state index contributed by atoms with van der Waals surface area (Å²) < 4.78 is 38.9. The van der Waals surface area contributed by atoms with Crippen LogP contribution in [0.2, 0.25) is 0 Å². The maximum atomic E-state index is 13.9. The van der Waals surface area contributed by atoms with E-state index in [1.54, 1.807) is 49.6 Å². The van der Waals surface area contributed by atoms with Crippen LogP contribution < -0.4 is 9.64 Å². The van der Waals surface area contributed by atoms with Gasteiger partial charge in [0.2, 0.25) is 0 Å². The summed E-state index contributed by atoms with van der Waals surface area (Å²) in [5, 5.41) is -0.603. The van der Waals surface area contributed by atoms with E-state index in [0.29, 0.717) is 21.2 Å². The van der Waals surface area contributed by atoms with Crippen LogP contribution in [0.25, 0.3) is 0 Å². The number of likely N-dealkylation sites (N-methyl/N-ethyl adjacent to an activating group) is 1. The molecule has 2 amide bonds. The number of fused-ring (bicyclic) bond motifs is 1. The lowest BCUT2D eigenvalue weighted by Crippen LogP contribution is -2.46. The SMILES string of the molecule is [2H]C([2H])([2H])N(CCN1C(=O)[C@@H](OC(C)=O)[C@@H](c2ccc(OC)cc2)Sc2ccccc21)C(=O)OC(C)Cl. The first kappa shape index (κ1) is 21.6. The number of nitrogens with zero attached hydrogens (tertiary/aromatic N) is 2. The highest BCUT2D eigenvalue weighted by Crippen LogP contribution is 2.46. The molecule has 2 aromatic carbocycles. The molecule has 8 nitrogen and oxygen atoms in total. The fraction of sp³-hybridized carbons (Fsp3) is 0.375. The Morgan fingerprint density at radius 2 is 1.94 bits per heavy atom. The van der Waals surface area contributed by atoms with Gasteiger partial charge in [0, 0.05) is 36.0 Å². The van der Waals surface area contributed by atoms with Crippen LogP contribution in [0.15, 0.2) is 53.4 Å². The number of benzene rings is 2. The number of halogens is 1. The molecule has 10 heteroatoms. The highest BCUT2D eigenvalue weighted by atomic mass is 35.5. The Kier molecular flexibility index (Phi) is 7.30. The molecule has 3 atom stereocenters. The average molecular weight is 510 g/mol. The van der Waals surface area contributed by atoms with Gasteiger partial charge in [0.15, 0.2) is 11.7 Å². The highest BCUT2D eigenvalue weighted by molar-refractivity contribution is 7.99. The maximum Gasteiger partial charge on any atom is 0.411 e. The van der Waals surface area contributed by atoms with Crippen molar-refractivity contribution in [1.82, 2.24) is 4.90 Å². The number of hydrogen-bond donors (Lipinski definition) is 0. The molecule has 0 bridgehead atoms. The molecular weight excluding hydrogens is 480 g/mol. The van der Waals surface area contributed by atoms with E-state index in [1.807, 2.05) is 6.07 Å². The summed E-state index contributed by atoms with van der Waals surface area (Å²) >= 11 is 7.05. The quantitative estimate of drug-likeness (QED) is 0.402. The molecule has 0 aliphatic carbocycles. The van der Waals surface area contributed by atoms with Gasteiger partial charge in [-0.3, -0.25) is 9.59 Å². The number of anilines is 1. The Morgan fingerprint density at radius 3 is 2.56 bits per heavy atom.